The second-order valence-corrected chi connectivity index (χ2v) is 7.95. The molecule has 2 aliphatic rings. The van der Waals surface area contributed by atoms with Gasteiger partial charge in [-0.1, -0.05) is 37.5 Å². The molecule has 3 rings (SSSR count). The number of benzene rings is 1. The lowest BCUT2D eigenvalue weighted by Crippen LogP contribution is -2.60. The van der Waals surface area contributed by atoms with Crippen LogP contribution < -0.4 is 10.1 Å². The third-order valence-electron chi connectivity index (χ3n) is 6.22. The quantitative estimate of drug-likeness (QED) is 0.600. The fourth-order valence-corrected chi connectivity index (χ4v) is 4.64. The normalized spacial score (nSPS) is 20.6. The van der Waals surface area contributed by atoms with Crippen LogP contribution in [0.25, 0.3) is 0 Å². The van der Waals surface area contributed by atoms with E-state index in [1.807, 2.05) is 19.2 Å². The van der Waals surface area contributed by atoms with Crippen LogP contribution in [-0.4, -0.2) is 75.4 Å². The van der Waals surface area contributed by atoms with Crippen molar-refractivity contribution >= 4 is 5.96 Å². The number of guanidine groups is 1. The van der Waals surface area contributed by atoms with Crippen molar-refractivity contribution in [1.82, 2.24) is 15.1 Å². The molecule has 1 N–H and O–H groups in total. The van der Waals surface area contributed by atoms with E-state index in [0.717, 1.165) is 56.7 Å². The van der Waals surface area contributed by atoms with Crippen LogP contribution in [0.2, 0.25) is 0 Å². The number of ether oxygens (including phenoxy) is 2. The van der Waals surface area contributed by atoms with Crippen LogP contribution in [0.4, 0.5) is 0 Å². The largest absolute Gasteiger partial charge is 0.496 e. The van der Waals surface area contributed by atoms with Crippen molar-refractivity contribution in [2.45, 2.75) is 44.2 Å². The van der Waals surface area contributed by atoms with Crippen LogP contribution in [0.1, 0.15) is 37.7 Å². The minimum Gasteiger partial charge on any atom is -0.496 e. The number of hydrogen-bond acceptors (Lipinski definition) is 4. The fraction of sp³-hybridized carbons (Fsp3) is 0.682. The number of para-hydroxylation sites is 1. The first-order valence-electron chi connectivity index (χ1n) is 10.5. The number of nitrogens with one attached hydrogen (secondary N) is 1. The summed E-state index contributed by atoms with van der Waals surface area (Å²) in [6, 6.07) is 8.18. The lowest BCUT2D eigenvalue weighted by Gasteiger charge is -2.48. The van der Waals surface area contributed by atoms with Crippen molar-refractivity contribution in [1.29, 1.82) is 0 Å². The van der Waals surface area contributed by atoms with Gasteiger partial charge in [-0.25, -0.2) is 0 Å². The van der Waals surface area contributed by atoms with Gasteiger partial charge in [0.05, 0.1) is 20.3 Å². The van der Waals surface area contributed by atoms with Crippen molar-refractivity contribution in [3.63, 3.8) is 0 Å². The highest BCUT2D eigenvalue weighted by Gasteiger charge is 2.38. The third kappa shape index (κ3) is 4.97. The van der Waals surface area contributed by atoms with Crippen molar-refractivity contribution in [3.8, 4) is 5.75 Å². The number of methoxy groups -OCH3 is 1. The summed E-state index contributed by atoms with van der Waals surface area (Å²) < 4.78 is 11.1. The maximum atomic E-state index is 5.60. The molecule has 6 heteroatoms. The topological polar surface area (TPSA) is 49.3 Å². The lowest BCUT2D eigenvalue weighted by molar-refractivity contribution is -0.0354. The predicted molar refractivity (Wildman–Crippen MR) is 114 cm³/mol. The second-order valence-electron chi connectivity index (χ2n) is 7.95. The fourth-order valence-electron chi connectivity index (χ4n) is 4.64. The van der Waals surface area contributed by atoms with Crippen LogP contribution in [0.15, 0.2) is 29.3 Å². The molecular formula is C22H36N4O2. The molecule has 1 saturated heterocycles. The van der Waals surface area contributed by atoms with E-state index >= 15 is 0 Å². The van der Waals surface area contributed by atoms with Gasteiger partial charge in [-0.3, -0.25) is 9.89 Å². The highest BCUT2D eigenvalue weighted by molar-refractivity contribution is 5.79. The van der Waals surface area contributed by atoms with Gasteiger partial charge >= 0.3 is 0 Å². The Morgan fingerprint density at radius 2 is 1.93 bits per heavy atom. The summed E-state index contributed by atoms with van der Waals surface area (Å²) in [5.41, 5.74) is 1.39. The smallest absolute Gasteiger partial charge is 0.193 e. The van der Waals surface area contributed by atoms with Gasteiger partial charge in [-0.2, -0.15) is 0 Å². The maximum absolute atomic E-state index is 5.60. The number of morpholine rings is 1. The standard InChI is InChI=1S/C22H36N4O2/c1-23-21(25(2)17-19-9-5-6-10-20(19)27-3)24-18-22(11-7-4-8-12-22)26-13-15-28-16-14-26/h5-6,9-10H,4,7-8,11-18H2,1-3H3,(H,23,24). The Kier molecular flexibility index (Phi) is 7.57. The van der Waals surface area contributed by atoms with E-state index < -0.39 is 0 Å². The Morgan fingerprint density at radius 3 is 2.61 bits per heavy atom. The molecule has 1 saturated carbocycles. The lowest BCUT2D eigenvalue weighted by atomic mass is 9.80. The molecule has 6 nitrogen and oxygen atoms in total. The Morgan fingerprint density at radius 1 is 1.21 bits per heavy atom. The van der Waals surface area contributed by atoms with E-state index in [2.05, 4.69) is 39.3 Å². The van der Waals surface area contributed by atoms with Crippen LogP contribution in [0.5, 0.6) is 5.75 Å². The highest BCUT2D eigenvalue weighted by Crippen LogP contribution is 2.34. The van der Waals surface area contributed by atoms with Gasteiger partial charge in [0, 0.05) is 51.4 Å². The molecule has 1 aliphatic heterocycles. The average molecular weight is 389 g/mol. The van der Waals surface area contributed by atoms with Crippen LogP contribution >= 0.6 is 0 Å². The summed E-state index contributed by atoms with van der Waals surface area (Å²) in [6.07, 6.45) is 6.50. The number of aliphatic imine (C=N–C) groups is 1. The molecule has 0 unspecified atom stereocenters. The zero-order chi connectivity index (χ0) is 19.8. The summed E-state index contributed by atoms with van der Waals surface area (Å²) in [6.45, 7) is 5.48. The maximum Gasteiger partial charge on any atom is 0.193 e. The SMILES string of the molecule is CN=C(NCC1(N2CCOCC2)CCCCC1)N(C)Cc1ccccc1OC. The molecule has 1 aliphatic carbocycles. The zero-order valence-electron chi connectivity index (χ0n) is 17.7. The number of nitrogens with zero attached hydrogens (tertiary/aromatic N) is 3. The predicted octanol–water partition coefficient (Wildman–Crippen LogP) is 2.74. The molecule has 0 radical (unpaired) electrons. The zero-order valence-corrected chi connectivity index (χ0v) is 17.7. The first kappa shape index (κ1) is 20.9. The van der Waals surface area contributed by atoms with E-state index in [1.54, 1.807) is 7.11 Å². The Bertz CT molecular complexity index is 637. The van der Waals surface area contributed by atoms with Gasteiger partial charge in [0.2, 0.25) is 0 Å². The van der Waals surface area contributed by atoms with Gasteiger partial charge in [-0.15, -0.1) is 0 Å². The summed E-state index contributed by atoms with van der Waals surface area (Å²) in [5, 5.41) is 3.69. The van der Waals surface area contributed by atoms with Gasteiger partial charge in [0.25, 0.3) is 0 Å². The molecule has 2 fully saturated rings. The van der Waals surface area contributed by atoms with Crippen molar-refractivity contribution in [3.05, 3.63) is 29.8 Å². The molecule has 0 bridgehead atoms. The van der Waals surface area contributed by atoms with Crippen LogP contribution in [0, 0.1) is 0 Å². The minimum absolute atomic E-state index is 0.225. The monoisotopic (exact) mass is 388 g/mol. The summed E-state index contributed by atoms with van der Waals surface area (Å²) in [7, 11) is 5.68. The Hall–Kier alpha value is -1.79. The third-order valence-corrected chi connectivity index (χ3v) is 6.22. The Labute approximate surface area is 169 Å². The molecule has 1 heterocycles. The first-order chi connectivity index (χ1) is 13.7. The molecular weight excluding hydrogens is 352 g/mol. The van der Waals surface area contributed by atoms with Crippen molar-refractivity contribution in [2.75, 3.05) is 54.1 Å². The summed E-state index contributed by atoms with van der Waals surface area (Å²) >= 11 is 0. The van der Waals surface area contributed by atoms with E-state index in [0.29, 0.717) is 0 Å². The number of rotatable bonds is 6. The Balaban J connectivity index is 1.65. The average Bonchev–Trinajstić information content (AvgIpc) is 2.76. The molecule has 0 spiro atoms. The molecule has 0 amide bonds. The van der Waals surface area contributed by atoms with Crippen molar-refractivity contribution < 1.29 is 9.47 Å². The highest BCUT2D eigenvalue weighted by atomic mass is 16.5. The van der Waals surface area contributed by atoms with E-state index in [-0.39, 0.29) is 5.54 Å². The molecule has 28 heavy (non-hydrogen) atoms. The van der Waals surface area contributed by atoms with Crippen molar-refractivity contribution in [2.24, 2.45) is 4.99 Å². The minimum atomic E-state index is 0.225. The van der Waals surface area contributed by atoms with Gasteiger partial charge < -0.3 is 19.7 Å². The van der Waals surface area contributed by atoms with E-state index in [1.165, 1.54) is 32.1 Å². The van der Waals surface area contributed by atoms with E-state index in [4.69, 9.17) is 9.47 Å². The summed E-state index contributed by atoms with van der Waals surface area (Å²) in [4.78, 5) is 9.38. The molecule has 156 valence electrons. The number of hydrogen-bond donors (Lipinski definition) is 1. The van der Waals surface area contributed by atoms with Gasteiger partial charge in [-0.05, 0) is 18.9 Å². The first-order valence-corrected chi connectivity index (χ1v) is 10.5. The van der Waals surface area contributed by atoms with Gasteiger partial charge in [0.1, 0.15) is 5.75 Å². The van der Waals surface area contributed by atoms with E-state index in [9.17, 15) is 0 Å². The molecule has 1 aromatic carbocycles. The second kappa shape index (κ2) is 10.1. The van der Waals surface area contributed by atoms with Crippen LogP contribution in [0.3, 0.4) is 0 Å². The molecule has 1 aromatic rings. The van der Waals surface area contributed by atoms with Crippen LogP contribution in [-0.2, 0) is 11.3 Å². The van der Waals surface area contributed by atoms with Gasteiger partial charge in [0.15, 0.2) is 5.96 Å². The molecule has 0 atom stereocenters. The summed E-state index contributed by atoms with van der Waals surface area (Å²) in [5.74, 6) is 1.85. The molecule has 0 aromatic heterocycles.